The van der Waals surface area contributed by atoms with Gasteiger partial charge in [-0.05, 0) is 48.5 Å². The lowest BCUT2D eigenvalue weighted by Crippen LogP contribution is -2.63. The number of hydrogen-bond acceptors (Lipinski definition) is 9. The highest BCUT2D eigenvalue weighted by Crippen LogP contribution is 2.30. The summed E-state index contributed by atoms with van der Waals surface area (Å²) in [6.07, 6.45) is -8.53. The van der Waals surface area contributed by atoms with Gasteiger partial charge in [0.2, 0.25) is 0 Å². The molecule has 2 amide bonds. The SMILES string of the molecule is CO[C@H]1O[C@H](CO)[C@@H](OC(=O)c2ccc(Br)cc2)[C@H](OC(=O)Nc2ccccc2)[C@H]1OC(=O)Nc1ccccc1. The molecule has 3 aromatic carbocycles. The third-order valence-corrected chi connectivity index (χ3v) is 6.38. The van der Waals surface area contributed by atoms with Crippen molar-refractivity contribution in [3.8, 4) is 0 Å². The van der Waals surface area contributed by atoms with E-state index in [2.05, 4.69) is 26.6 Å². The maximum atomic E-state index is 13.0. The molecule has 0 saturated carbocycles. The first-order chi connectivity index (χ1) is 19.4. The summed E-state index contributed by atoms with van der Waals surface area (Å²) in [6.45, 7) is -0.624. The molecule has 11 nitrogen and oxygen atoms in total. The highest BCUT2D eigenvalue weighted by molar-refractivity contribution is 9.10. The Hall–Kier alpha value is -3.97. The summed E-state index contributed by atoms with van der Waals surface area (Å²) in [5.74, 6) is -0.778. The molecule has 1 heterocycles. The Balaban J connectivity index is 1.62. The molecular formula is C28H27BrN2O9. The number of methoxy groups -OCH3 is 1. The Labute approximate surface area is 238 Å². The highest BCUT2D eigenvalue weighted by Gasteiger charge is 2.52. The van der Waals surface area contributed by atoms with Crippen LogP contribution in [-0.2, 0) is 23.7 Å². The van der Waals surface area contributed by atoms with Crippen LogP contribution in [0.15, 0.2) is 89.4 Å². The first-order valence-electron chi connectivity index (χ1n) is 12.2. The second-order valence-electron chi connectivity index (χ2n) is 8.56. The Morgan fingerprint density at radius 1 is 0.775 bits per heavy atom. The number of benzene rings is 3. The van der Waals surface area contributed by atoms with E-state index in [1.54, 1.807) is 72.8 Å². The molecule has 1 aliphatic rings. The molecule has 1 saturated heterocycles. The van der Waals surface area contributed by atoms with Gasteiger partial charge >= 0.3 is 18.2 Å². The number of anilines is 2. The largest absolute Gasteiger partial charge is 0.452 e. The summed E-state index contributed by atoms with van der Waals surface area (Å²) in [5, 5.41) is 15.2. The van der Waals surface area contributed by atoms with Gasteiger partial charge in [-0.2, -0.15) is 0 Å². The zero-order chi connectivity index (χ0) is 28.5. The Morgan fingerprint density at radius 2 is 1.30 bits per heavy atom. The lowest BCUT2D eigenvalue weighted by Gasteiger charge is -2.43. The van der Waals surface area contributed by atoms with Crippen molar-refractivity contribution in [1.82, 2.24) is 0 Å². The summed E-state index contributed by atoms with van der Waals surface area (Å²) >= 11 is 3.31. The fourth-order valence-corrected chi connectivity index (χ4v) is 4.24. The molecule has 0 aliphatic carbocycles. The molecule has 3 aromatic rings. The van der Waals surface area contributed by atoms with Gasteiger partial charge in [0.25, 0.3) is 0 Å². The Kier molecular flexibility index (Phi) is 10.1. The first kappa shape index (κ1) is 29.0. The van der Waals surface area contributed by atoms with Crippen LogP contribution in [0.5, 0.6) is 0 Å². The molecule has 0 bridgehead atoms. The van der Waals surface area contributed by atoms with Gasteiger partial charge in [0, 0.05) is 23.0 Å². The molecule has 0 aromatic heterocycles. The van der Waals surface area contributed by atoms with E-state index in [4.69, 9.17) is 23.7 Å². The molecule has 0 unspecified atom stereocenters. The van der Waals surface area contributed by atoms with Crippen molar-refractivity contribution in [2.75, 3.05) is 24.4 Å². The molecule has 12 heteroatoms. The number of carbonyl (C=O) groups excluding carboxylic acids is 3. The minimum Gasteiger partial charge on any atom is -0.452 e. The van der Waals surface area contributed by atoms with E-state index in [-0.39, 0.29) is 5.56 Å². The van der Waals surface area contributed by atoms with Crippen molar-refractivity contribution in [1.29, 1.82) is 0 Å². The maximum Gasteiger partial charge on any atom is 0.412 e. The zero-order valence-electron chi connectivity index (χ0n) is 21.3. The highest BCUT2D eigenvalue weighted by atomic mass is 79.9. The molecule has 0 spiro atoms. The van der Waals surface area contributed by atoms with Gasteiger partial charge in [-0.15, -0.1) is 0 Å². The minimum absolute atomic E-state index is 0.195. The Bertz CT molecular complexity index is 1280. The smallest absolute Gasteiger partial charge is 0.412 e. The van der Waals surface area contributed by atoms with E-state index in [9.17, 15) is 19.5 Å². The number of hydrogen-bond donors (Lipinski definition) is 3. The molecule has 40 heavy (non-hydrogen) atoms. The second kappa shape index (κ2) is 13.9. The Morgan fingerprint density at radius 3 is 1.80 bits per heavy atom. The lowest BCUT2D eigenvalue weighted by atomic mass is 9.98. The number of rotatable bonds is 8. The van der Waals surface area contributed by atoms with Gasteiger partial charge in [0.05, 0.1) is 12.2 Å². The van der Waals surface area contributed by atoms with Crippen molar-refractivity contribution in [2.24, 2.45) is 0 Å². The summed E-state index contributed by atoms with van der Waals surface area (Å²) in [6, 6.07) is 23.4. The molecule has 4 rings (SSSR count). The number of carbonyl (C=O) groups is 3. The summed E-state index contributed by atoms with van der Waals surface area (Å²) in [4.78, 5) is 38.8. The number of aliphatic hydroxyl groups excluding tert-OH is 1. The number of ether oxygens (including phenoxy) is 5. The normalized spacial score (nSPS) is 22.0. The van der Waals surface area contributed by atoms with E-state index in [0.717, 1.165) is 4.47 Å². The molecule has 5 atom stereocenters. The summed E-state index contributed by atoms with van der Waals surface area (Å²) in [5.41, 5.74) is 1.08. The third-order valence-electron chi connectivity index (χ3n) is 5.85. The standard InChI is InChI=1S/C28H27BrN2O9/c1-36-26-24(40-28(35)31-20-10-6-3-7-11-20)23(39-27(34)30-19-8-4-2-5-9-19)22(21(16-32)37-26)38-25(33)17-12-14-18(29)15-13-17/h2-15,21-24,26,32H,16H2,1H3,(H,30,34)(H,31,35)/t21-,22-,23+,24-,26+/m1/s1. The lowest BCUT2D eigenvalue weighted by molar-refractivity contribution is -0.290. The van der Waals surface area contributed by atoms with Crippen molar-refractivity contribution in [3.05, 3.63) is 95.0 Å². The molecule has 210 valence electrons. The minimum atomic E-state index is -1.44. The van der Waals surface area contributed by atoms with Crippen molar-refractivity contribution in [2.45, 2.75) is 30.7 Å². The number of esters is 1. The van der Waals surface area contributed by atoms with Crippen LogP contribution >= 0.6 is 15.9 Å². The summed E-state index contributed by atoms with van der Waals surface area (Å²) < 4.78 is 28.9. The van der Waals surface area contributed by atoms with Crippen LogP contribution in [0.4, 0.5) is 21.0 Å². The van der Waals surface area contributed by atoms with Crippen LogP contribution in [0, 0.1) is 0 Å². The number of halogens is 1. The molecule has 1 aliphatic heterocycles. The number of nitrogens with one attached hydrogen (secondary N) is 2. The number of para-hydroxylation sites is 2. The van der Waals surface area contributed by atoms with E-state index in [1.807, 2.05) is 0 Å². The van der Waals surface area contributed by atoms with Crippen LogP contribution in [0.25, 0.3) is 0 Å². The van der Waals surface area contributed by atoms with Crippen LogP contribution < -0.4 is 10.6 Å². The van der Waals surface area contributed by atoms with Crippen molar-refractivity contribution < 1.29 is 43.2 Å². The fraction of sp³-hybridized carbons (Fsp3) is 0.250. The zero-order valence-corrected chi connectivity index (χ0v) is 22.9. The molecule has 1 fully saturated rings. The van der Waals surface area contributed by atoms with Gasteiger partial charge in [-0.3, -0.25) is 10.6 Å². The summed E-state index contributed by atoms with van der Waals surface area (Å²) in [7, 11) is 1.29. The molecule has 0 radical (unpaired) electrons. The predicted molar refractivity (Wildman–Crippen MR) is 147 cm³/mol. The maximum absolute atomic E-state index is 13.0. The van der Waals surface area contributed by atoms with Gasteiger partial charge in [-0.25, -0.2) is 14.4 Å². The van der Waals surface area contributed by atoms with Gasteiger partial charge in [0.1, 0.15) is 6.10 Å². The van der Waals surface area contributed by atoms with Gasteiger partial charge in [-0.1, -0.05) is 52.3 Å². The van der Waals surface area contributed by atoms with E-state index in [0.29, 0.717) is 11.4 Å². The topological polar surface area (TPSA) is 142 Å². The predicted octanol–water partition coefficient (Wildman–Crippen LogP) is 4.57. The average molecular weight is 615 g/mol. The monoisotopic (exact) mass is 614 g/mol. The van der Waals surface area contributed by atoms with Crippen LogP contribution in [-0.4, -0.2) is 67.7 Å². The first-order valence-corrected chi connectivity index (χ1v) is 13.0. The third kappa shape index (κ3) is 7.57. The quantitative estimate of drug-likeness (QED) is 0.245. The van der Waals surface area contributed by atoms with Crippen LogP contribution in [0.3, 0.4) is 0 Å². The van der Waals surface area contributed by atoms with Crippen LogP contribution in [0.2, 0.25) is 0 Å². The second-order valence-corrected chi connectivity index (χ2v) is 9.48. The van der Waals surface area contributed by atoms with Crippen LogP contribution in [0.1, 0.15) is 10.4 Å². The fourth-order valence-electron chi connectivity index (χ4n) is 3.98. The number of aliphatic hydroxyl groups is 1. The number of amides is 2. The average Bonchev–Trinajstić information content (AvgIpc) is 2.96. The van der Waals surface area contributed by atoms with Gasteiger partial charge in [0.15, 0.2) is 24.6 Å². The van der Waals surface area contributed by atoms with Crippen molar-refractivity contribution in [3.63, 3.8) is 0 Å². The van der Waals surface area contributed by atoms with Crippen molar-refractivity contribution >= 4 is 45.5 Å². The van der Waals surface area contributed by atoms with E-state index < -0.39 is 55.5 Å². The van der Waals surface area contributed by atoms with E-state index in [1.165, 1.54) is 19.2 Å². The van der Waals surface area contributed by atoms with Gasteiger partial charge < -0.3 is 28.8 Å². The van der Waals surface area contributed by atoms with E-state index >= 15 is 0 Å². The molecule has 3 N–H and O–H groups in total. The molecular weight excluding hydrogens is 588 g/mol.